The van der Waals surface area contributed by atoms with E-state index in [4.69, 9.17) is 12.2 Å². The number of sulfonamides is 1. The Bertz CT molecular complexity index is 1210. The van der Waals surface area contributed by atoms with Gasteiger partial charge in [-0.1, -0.05) is 44.2 Å². The zero-order chi connectivity index (χ0) is 22.7. The van der Waals surface area contributed by atoms with E-state index >= 15 is 0 Å². The summed E-state index contributed by atoms with van der Waals surface area (Å²) in [6.07, 6.45) is 1.83. The third-order valence-electron chi connectivity index (χ3n) is 5.89. The maximum atomic E-state index is 13.1. The zero-order valence-electron chi connectivity index (χ0n) is 18.2. The van der Waals surface area contributed by atoms with Crippen LogP contribution in [0, 0.1) is 0 Å². The predicted octanol–water partition coefficient (Wildman–Crippen LogP) is 5.76. The Morgan fingerprint density at radius 2 is 1.56 bits per heavy atom. The number of hydrogen-bond acceptors (Lipinski definition) is 3. The maximum absolute atomic E-state index is 13.1. The van der Waals surface area contributed by atoms with Crippen LogP contribution in [0.4, 0.5) is 17.1 Å². The Morgan fingerprint density at radius 3 is 2.19 bits per heavy atom. The molecule has 0 saturated carbocycles. The molecule has 0 amide bonds. The number of para-hydroxylation sites is 1. The average molecular weight is 466 g/mol. The molecule has 32 heavy (non-hydrogen) atoms. The van der Waals surface area contributed by atoms with Crippen LogP contribution < -0.4 is 14.9 Å². The summed E-state index contributed by atoms with van der Waals surface area (Å²) in [4.78, 5) is 0.263. The Morgan fingerprint density at radius 1 is 0.969 bits per heavy atom. The summed E-state index contributed by atoms with van der Waals surface area (Å²) in [5, 5.41) is 6.73. The van der Waals surface area contributed by atoms with Gasteiger partial charge in [-0.15, -0.1) is 0 Å². The summed E-state index contributed by atoms with van der Waals surface area (Å²) in [7, 11) is -3.60. The lowest BCUT2D eigenvalue weighted by Gasteiger charge is -2.20. The molecule has 0 radical (unpaired) electrons. The molecule has 1 atom stereocenters. The van der Waals surface area contributed by atoms with Crippen molar-refractivity contribution in [2.45, 2.75) is 37.5 Å². The van der Waals surface area contributed by atoms with E-state index in [1.807, 2.05) is 36.4 Å². The van der Waals surface area contributed by atoms with Crippen LogP contribution in [-0.2, 0) is 16.4 Å². The summed E-state index contributed by atoms with van der Waals surface area (Å²) in [5.74, 6) is 0.526. The smallest absolute Gasteiger partial charge is 0.264 e. The molecule has 1 aliphatic heterocycles. The normalized spacial score (nSPS) is 14.0. The molecule has 1 aliphatic rings. The van der Waals surface area contributed by atoms with E-state index in [1.54, 1.807) is 24.3 Å². The first-order valence-corrected chi connectivity index (χ1v) is 12.6. The minimum atomic E-state index is -3.60. The number of fused-ring (bicyclic) bond motifs is 1. The molecule has 3 aromatic carbocycles. The first kappa shape index (κ1) is 22.3. The topological polar surface area (TPSA) is 61.4 Å². The molecule has 4 rings (SSSR count). The molecule has 0 aliphatic carbocycles. The summed E-state index contributed by atoms with van der Waals surface area (Å²) in [6.45, 7) is 4.85. The molecule has 7 heteroatoms. The van der Waals surface area contributed by atoms with Gasteiger partial charge in [-0.25, -0.2) is 8.42 Å². The largest absolute Gasteiger partial charge is 0.332 e. The molecular formula is C25H27N3O2S2. The second-order valence-corrected chi connectivity index (χ2v) is 10.3. The maximum Gasteiger partial charge on any atom is 0.264 e. The van der Waals surface area contributed by atoms with Crippen molar-refractivity contribution >= 4 is 44.4 Å². The van der Waals surface area contributed by atoms with Crippen LogP contribution >= 0.6 is 12.2 Å². The van der Waals surface area contributed by atoms with Crippen LogP contribution in [0.25, 0.3) is 0 Å². The number of hydrogen-bond donors (Lipinski definition) is 2. The van der Waals surface area contributed by atoms with Crippen molar-refractivity contribution < 1.29 is 8.42 Å². The van der Waals surface area contributed by atoms with Gasteiger partial charge in [0, 0.05) is 17.9 Å². The highest BCUT2D eigenvalue weighted by Crippen LogP contribution is 2.32. The summed E-state index contributed by atoms with van der Waals surface area (Å²) in [5.41, 5.74) is 4.75. The fourth-order valence-corrected chi connectivity index (χ4v) is 5.56. The van der Waals surface area contributed by atoms with Gasteiger partial charge in [0.2, 0.25) is 0 Å². The van der Waals surface area contributed by atoms with Gasteiger partial charge in [-0.3, -0.25) is 4.31 Å². The number of nitrogens with one attached hydrogen (secondary N) is 2. The highest BCUT2D eigenvalue weighted by atomic mass is 32.2. The van der Waals surface area contributed by atoms with E-state index in [0.29, 0.717) is 17.6 Å². The standard InChI is InChI=1S/C25H27N3O2S2/c1-3-18(2)19-8-10-21(11-9-19)26-25(31)27-22-12-14-23(15-13-22)32(29,30)28-17-16-20-6-4-5-7-24(20)28/h4-15,18H,3,16-17H2,1-2H3,(H2,26,27,31). The number of thiocarbonyl (C=S) groups is 1. The molecule has 0 spiro atoms. The van der Waals surface area contributed by atoms with Crippen LogP contribution in [0.2, 0.25) is 0 Å². The second-order valence-electron chi connectivity index (χ2n) is 7.99. The molecule has 5 nitrogen and oxygen atoms in total. The van der Waals surface area contributed by atoms with E-state index in [-0.39, 0.29) is 4.90 Å². The first-order valence-electron chi connectivity index (χ1n) is 10.8. The van der Waals surface area contributed by atoms with Crippen LogP contribution in [-0.4, -0.2) is 20.1 Å². The van der Waals surface area contributed by atoms with Crippen LogP contribution in [0.3, 0.4) is 0 Å². The third kappa shape index (κ3) is 4.64. The quantitative estimate of drug-likeness (QED) is 0.453. The van der Waals surface area contributed by atoms with Gasteiger partial charge in [-0.05, 0) is 84.6 Å². The Balaban J connectivity index is 1.41. The average Bonchev–Trinajstić information content (AvgIpc) is 3.24. The second kappa shape index (κ2) is 9.30. The lowest BCUT2D eigenvalue weighted by molar-refractivity contribution is 0.592. The van der Waals surface area contributed by atoms with Crippen molar-refractivity contribution in [3.8, 4) is 0 Å². The van der Waals surface area contributed by atoms with E-state index in [0.717, 1.165) is 35.5 Å². The van der Waals surface area contributed by atoms with Crippen molar-refractivity contribution in [2.24, 2.45) is 0 Å². The molecule has 1 heterocycles. The Hall–Kier alpha value is -2.90. The van der Waals surface area contributed by atoms with Gasteiger partial charge in [0.05, 0.1) is 10.6 Å². The van der Waals surface area contributed by atoms with Crippen molar-refractivity contribution in [1.29, 1.82) is 0 Å². The SMILES string of the molecule is CCC(C)c1ccc(NC(=S)Nc2ccc(S(=O)(=O)N3CCc4ccccc43)cc2)cc1. The molecular weight excluding hydrogens is 438 g/mol. The minimum absolute atomic E-state index is 0.263. The van der Waals surface area contributed by atoms with Gasteiger partial charge in [0.25, 0.3) is 10.0 Å². The number of nitrogens with zero attached hydrogens (tertiary/aromatic N) is 1. The van der Waals surface area contributed by atoms with E-state index in [9.17, 15) is 8.42 Å². The lowest BCUT2D eigenvalue weighted by atomic mass is 9.99. The molecule has 0 fully saturated rings. The third-order valence-corrected chi connectivity index (χ3v) is 7.93. The molecule has 0 saturated heterocycles. The van der Waals surface area contributed by atoms with Crippen LogP contribution in [0.15, 0.2) is 77.7 Å². The minimum Gasteiger partial charge on any atom is -0.332 e. The van der Waals surface area contributed by atoms with E-state index in [2.05, 4.69) is 36.6 Å². The first-order chi connectivity index (χ1) is 15.4. The van der Waals surface area contributed by atoms with Gasteiger partial charge in [-0.2, -0.15) is 0 Å². The van der Waals surface area contributed by atoms with Crippen LogP contribution in [0.1, 0.15) is 37.3 Å². The molecule has 0 bridgehead atoms. The van der Waals surface area contributed by atoms with Crippen molar-refractivity contribution in [3.63, 3.8) is 0 Å². The van der Waals surface area contributed by atoms with Gasteiger partial charge in [0.1, 0.15) is 0 Å². The summed E-state index contributed by atoms with van der Waals surface area (Å²) in [6, 6.07) is 22.6. The van der Waals surface area contributed by atoms with Crippen molar-refractivity contribution in [2.75, 3.05) is 21.5 Å². The lowest BCUT2D eigenvalue weighted by Crippen LogP contribution is -2.29. The summed E-state index contributed by atoms with van der Waals surface area (Å²) >= 11 is 5.41. The van der Waals surface area contributed by atoms with Crippen molar-refractivity contribution in [3.05, 3.63) is 83.9 Å². The molecule has 166 valence electrons. The summed E-state index contributed by atoms with van der Waals surface area (Å²) < 4.78 is 27.8. The Labute approximate surface area is 195 Å². The number of benzene rings is 3. The number of rotatable bonds is 6. The van der Waals surface area contributed by atoms with E-state index < -0.39 is 10.0 Å². The van der Waals surface area contributed by atoms with Crippen LogP contribution in [0.5, 0.6) is 0 Å². The zero-order valence-corrected chi connectivity index (χ0v) is 19.8. The fraction of sp³-hybridized carbons (Fsp3) is 0.240. The van der Waals surface area contributed by atoms with E-state index in [1.165, 1.54) is 9.87 Å². The molecule has 1 unspecified atom stereocenters. The highest BCUT2D eigenvalue weighted by Gasteiger charge is 2.30. The van der Waals surface area contributed by atoms with Gasteiger partial charge in [0.15, 0.2) is 5.11 Å². The fourth-order valence-electron chi connectivity index (χ4n) is 3.82. The molecule has 2 N–H and O–H groups in total. The Kier molecular flexibility index (Phi) is 6.48. The predicted molar refractivity (Wildman–Crippen MR) is 136 cm³/mol. The molecule has 0 aromatic heterocycles. The van der Waals surface area contributed by atoms with Crippen molar-refractivity contribution in [1.82, 2.24) is 0 Å². The molecule has 3 aromatic rings. The number of anilines is 3. The highest BCUT2D eigenvalue weighted by molar-refractivity contribution is 7.92. The van der Waals surface area contributed by atoms with Gasteiger partial charge < -0.3 is 10.6 Å². The monoisotopic (exact) mass is 465 g/mol. The van der Waals surface area contributed by atoms with Gasteiger partial charge >= 0.3 is 0 Å².